The van der Waals surface area contributed by atoms with Gasteiger partial charge in [-0.15, -0.1) is 0 Å². The Morgan fingerprint density at radius 2 is 1.60 bits per heavy atom. The third kappa shape index (κ3) is 6.21. The summed E-state index contributed by atoms with van der Waals surface area (Å²) in [5.41, 5.74) is 3.40. The van der Waals surface area contributed by atoms with Gasteiger partial charge in [-0.25, -0.2) is 0 Å². The zero-order valence-electron chi connectivity index (χ0n) is 11.5. The lowest BCUT2D eigenvalue weighted by Crippen LogP contribution is -2.07. The Balaban J connectivity index is 0. The van der Waals surface area contributed by atoms with Crippen LogP contribution in [0.2, 0.25) is 0 Å². The highest BCUT2D eigenvalue weighted by atomic mass is 14.7. The topological polar surface area (TPSA) is 24.7 Å². The average Bonchev–Trinajstić information content (AvgIpc) is 2.20. The Morgan fingerprint density at radius 1 is 1.13 bits per heavy atom. The summed E-state index contributed by atoms with van der Waals surface area (Å²) < 4.78 is 0. The van der Waals surface area contributed by atoms with Crippen LogP contribution in [0.1, 0.15) is 48.5 Å². The number of hydrogen-bond acceptors (Lipinski definition) is 2. The van der Waals surface area contributed by atoms with E-state index in [1.807, 2.05) is 47.9 Å². The maximum atomic E-state index is 4.29. The molecule has 0 saturated heterocycles. The smallest absolute Gasteiger partial charge is 0.0421 e. The van der Waals surface area contributed by atoms with E-state index in [0.29, 0.717) is 5.92 Å². The molecular weight excluding hydrogens is 184 g/mol. The molecule has 0 unspecified atom stereocenters. The molecular formula is C13H26N2. The van der Waals surface area contributed by atoms with Crippen LogP contribution in [0.4, 0.5) is 0 Å². The molecule has 0 aliphatic heterocycles. The highest BCUT2D eigenvalue weighted by molar-refractivity contribution is 5.99. The van der Waals surface area contributed by atoms with Gasteiger partial charge in [0.2, 0.25) is 0 Å². The zero-order chi connectivity index (χ0) is 12.4. The van der Waals surface area contributed by atoms with Gasteiger partial charge in [0.25, 0.3) is 0 Å². The number of rotatable bonds is 3. The van der Waals surface area contributed by atoms with Crippen LogP contribution in [0.15, 0.2) is 21.3 Å². The molecule has 0 amide bonds. The van der Waals surface area contributed by atoms with E-state index in [4.69, 9.17) is 0 Å². The third-order valence-electron chi connectivity index (χ3n) is 2.02. The molecule has 0 atom stereocenters. The molecule has 0 bridgehead atoms. The van der Waals surface area contributed by atoms with Crippen LogP contribution in [0, 0.1) is 5.92 Å². The van der Waals surface area contributed by atoms with Crippen molar-refractivity contribution < 1.29 is 0 Å². The fraction of sp³-hybridized carbons (Fsp3) is 0.692. The van der Waals surface area contributed by atoms with Gasteiger partial charge in [-0.1, -0.05) is 27.7 Å². The molecule has 0 aliphatic carbocycles. The molecule has 0 aliphatic rings. The van der Waals surface area contributed by atoms with Crippen LogP contribution in [-0.4, -0.2) is 19.0 Å². The predicted molar refractivity (Wildman–Crippen MR) is 72.1 cm³/mol. The van der Waals surface area contributed by atoms with Gasteiger partial charge in [0, 0.05) is 24.7 Å². The molecule has 0 N–H and O–H groups in total. The van der Waals surface area contributed by atoms with Crippen molar-refractivity contribution in [3.63, 3.8) is 0 Å². The van der Waals surface area contributed by atoms with Crippen LogP contribution >= 0.6 is 0 Å². The summed E-state index contributed by atoms with van der Waals surface area (Å²) in [5, 5.41) is 0. The van der Waals surface area contributed by atoms with Gasteiger partial charge in [0.15, 0.2) is 0 Å². The van der Waals surface area contributed by atoms with Crippen LogP contribution in [0.25, 0.3) is 0 Å². The van der Waals surface area contributed by atoms with Gasteiger partial charge < -0.3 is 0 Å². The van der Waals surface area contributed by atoms with Crippen molar-refractivity contribution in [1.82, 2.24) is 0 Å². The van der Waals surface area contributed by atoms with E-state index in [-0.39, 0.29) is 0 Å². The van der Waals surface area contributed by atoms with E-state index in [2.05, 4.69) is 23.8 Å². The molecule has 0 rings (SSSR count). The Labute approximate surface area is 95.2 Å². The van der Waals surface area contributed by atoms with Crippen molar-refractivity contribution in [2.75, 3.05) is 7.05 Å². The normalized spacial score (nSPS) is 13.8. The number of hydrogen-bond donors (Lipinski definition) is 0. The molecule has 88 valence electrons. The van der Waals surface area contributed by atoms with E-state index >= 15 is 0 Å². The zero-order valence-corrected chi connectivity index (χ0v) is 11.5. The van der Waals surface area contributed by atoms with E-state index in [0.717, 1.165) is 11.4 Å². The second-order valence-electron chi connectivity index (χ2n) is 3.35. The highest BCUT2D eigenvalue weighted by Gasteiger charge is 2.09. The molecule has 0 aromatic rings. The molecule has 2 heteroatoms. The highest BCUT2D eigenvalue weighted by Crippen LogP contribution is 2.17. The first-order valence-corrected chi connectivity index (χ1v) is 5.67. The lowest BCUT2D eigenvalue weighted by Gasteiger charge is -2.12. The Morgan fingerprint density at radius 3 is 1.87 bits per heavy atom. The van der Waals surface area contributed by atoms with E-state index in [1.165, 1.54) is 5.57 Å². The van der Waals surface area contributed by atoms with Crippen LogP contribution in [0.5, 0.6) is 0 Å². The van der Waals surface area contributed by atoms with Crippen molar-refractivity contribution >= 4 is 11.9 Å². The Bertz CT molecular complexity index is 245. The molecule has 0 heterocycles. The van der Waals surface area contributed by atoms with Crippen LogP contribution < -0.4 is 0 Å². The van der Waals surface area contributed by atoms with Crippen molar-refractivity contribution in [3.05, 3.63) is 11.3 Å². The van der Waals surface area contributed by atoms with Crippen LogP contribution in [-0.2, 0) is 0 Å². The lowest BCUT2D eigenvalue weighted by molar-refractivity contribution is 0.787. The number of allylic oxidation sites excluding steroid dienone is 2. The minimum atomic E-state index is 0.479. The monoisotopic (exact) mass is 210 g/mol. The van der Waals surface area contributed by atoms with Gasteiger partial charge in [0.1, 0.15) is 0 Å². The fourth-order valence-electron chi connectivity index (χ4n) is 1.48. The van der Waals surface area contributed by atoms with E-state index in [1.54, 1.807) is 0 Å². The van der Waals surface area contributed by atoms with Gasteiger partial charge in [0.05, 0.1) is 0 Å². The minimum Gasteiger partial charge on any atom is -0.293 e. The summed E-state index contributed by atoms with van der Waals surface area (Å²) in [4.78, 5) is 8.49. The van der Waals surface area contributed by atoms with Crippen molar-refractivity contribution in [1.29, 1.82) is 0 Å². The third-order valence-corrected chi connectivity index (χ3v) is 2.02. The first-order chi connectivity index (χ1) is 7.04. The number of nitrogens with zero attached hydrogens (tertiary/aromatic N) is 2. The summed E-state index contributed by atoms with van der Waals surface area (Å²) in [6, 6.07) is 0. The first kappa shape index (κ1) is 16.5. The maximum Gasteiger partial charge on any atom is 0.0421 e. The number of aliphatic imine (C=N–C) groups is 2. The molecule has 0 aromatic carbocycles. The molecule has 0 aromatic heterocycles. The standard InChI is InChI=1S/C11H20N2.C2H6/c1-7-13-10(5)11(8(2)3)9(4)12-6;1-2/h7-8H,1-6H3;1-2H3/b11-10+,12-9?,13-7?;. The Hall–Kier alpha value is -0.920. The maximum absolute atomic E-state index is 4.29. The van der Waals surface area contributed by atoms with E-state index in [9.17, 15) is 0 Å². The van der Waals surface area contributed by atoms with Gasteiger partial charge in [-0.3, -0.25) is 9.98 Å². The van der Waals surface area contributed by atoms with Crippen molar-refractivity contribution in [2.45, 2.75) is 48.5 Å². The van der Waals surface area contributed by atoms with Crippen molar-refractivity contribution in [2.24, 2.45) is 15.9 Å². The summed E-state index contributed by atoms with van der Waals surface area (Å²) >= 11 is 0. The Kier molecular flexibility index (Phi) is 10.6. The van der Waals surface area contributed by atoms with Gasteiger partial charge >= 0.3 is 0 Å². The van der Waals surface area contributed by atoms with Crippen molar-refractivity contribution in [3.8, 4) is 0 Å². The molecule has 0 saturated carbocycles. The molecule has 0 fully saturated rings. The molecule has 0 radical (unpaired) electrons. The summed E-state index contributed by atoms with van der Waals surface area (Å²) in [6.07, 6.45) is 1.82. The lowest BCUT2D eigenvalue weighted by atomic mass is 9.97. The van der Waals surface area contributed by atoms with Crippen LogP contribution in [0.3, 0.4) is 0 Å². The van der Waals surface area contributed by atoms with Gasteiger partial charge in [-0.05, 0) is 32.3 Å². The van der Waals surface area contributed by atoms with E-state index < -0.39 is 0 Å². The summed E-state index contributed by atoms with van der Waals surface area (Å²) in [5.74, 6) is 0.479. The molecule has 15 heavy (non-hydrogen) atoms. The second kappa shape index (κ2) is 9.63. The first-order valence-electron chi connectivity index (χ1n) is 5.67. The predicted octanol–water partition coefficient (Wildman–Crippen LogP) is 4.12. The fourth-order valence-corrected chi connectivity index (χ4v) is 1.48. The molecule has 0 spiro atoms. The molecule has 2 nitrogen and oxygen atoms in total. The summed E-state index contributed by atoms with van der Waals surface area (Å²) in [6.45, 7) is 14.3. The second-order valence-corrected chi connectivity index (χ2v) is 3.35. The van der Waals surface area contributed by atoms with Gasteiger partial charge in [-0.2, -0.15) is 0 Å². The minimum absolute atomic E-state index is 0.479. The quantitative estimate of drug-likeness (QED) is 0.626. The largest absolute Gasteiger partial charge is 0.293 e. The summed E-state index contributed by atoms with van der Waals surface area (Å²) in [7, 11) is 1.82. The average molecular weight is 210 g/mol. The SMILES string of the molecule is CC.CC=N/C(C)=C(/C(C)=NC)C(C)C.